The molecule has 3 rings (SSSR count). The number of anilines is 1. The third-order valence-electron chi connectivity index (χ3n) is 3.40. The van der Waals surface area contributed by atoms with E-state index in [4.69, 9.17) is 0 Å². The summed E-state index contributed by atoms with van der Waals surface area (Å²) < 4.78 is 0. The first kappa shape index (κ1) is 9.59. The number of hydrogen-bond acceptors (Lipinski definition) is 2. The van der Waals surface area contributed by atoms with Crippen molar-refractivity contribution in [2.24, 2.45) is 0 Å². The van der Waals surface area contributed by atoms with E-state index in [9.17, 15) is 0 Å². The molecule has 80 valence electrons. The number of nitrogens with one attached hydrogen (secondary N) is 1. The van der Waals surface area contributed by atoms with Gasteiger partial charge in [-0.3, -0.25) is 0 Å². The van der Waals surface area contributed by atoms with Gasteiger partial charge in [0.1, 0.15) is 0 Å². The summed E-state index contributed by atoms with van der Waals surface area (Å²) in [5.41, 5.74) is 2.95. The molecular weight excluding hydrogens is 202 g/mol. The maximum Gasteiger partial charge on any atom is 0.0383 e. The Labute approximate surface area is 95.6 Å². The van der Waals surface area contributed by atoms with Crippen LogP contribution in [0.4, 0.5) is 5.69 Å². The van der Waals surface area contributed by atoms with Crippen molar-refractivity contribution in [3.8, 4) is 0 Å². The summed E-state index contributed by atoms with van der Waals surface area (Å²) in [6.07, 6.45) is 6.82. The first-order valence-corrected chi connectivity index (χ1v) is 6.84. The molecule has 1 aliphatic carbocycles. The van der Waals surface area contributed by atoms with Crippen molar-refractivity contribution in [2.45, 2.75) is 42.2 Å². The fraction of sp³-hybridized carbons (Fsp3) is 0.538. The lowest BCUT2D eigenvalue weighted by molar-refractivity contribution is 0.522. The summed E-state index contributed by atoms with van der Waals surface area (Å²) >= 11 is 2.10. The first-order valence-electron chi connectivity index (χ1n) is 5.96. The second-order valence-corrected chi connectivity index (χ2v) is 5.83. The summed E-state index contributed by atoms with van der Waals surface area (Å²) in [7, 11) is 0. The Kier molecular flexibility index (Phi) is 2.61. The van der Waals surface area contributed by atoms with Gasteiger partial charge in [0.2, 0.25) is 0 Å². The fourth-order valence-electron chi connectivity index (χ4n) is 2.26. The molecule has 1 aromatic carbocycles. The quantitative estimate of drug-likeness (QED) is 0.814. The molecule has 1 nitrogen and oxygen atoms in total. The van der Waals surface area contributed by atoms with Gasteiger partial charge in [-0.2, -0.15) is 0 Å². The minimum atomic E-state index is 0.901. The summed E-state index contributed by atoms with van der Waals surface area (Å²) in [6.45, 7) is 1.14. The number of fused-ring (bicyclic) bond motifs is 1. The van der Waals surface area contributed by atoms with Crippen LogP contribution in [0.3, 0.4) is 0 Å². The Morgan fingerprint density at radius 1 is 1.20 bits per heavy atom. The molecule has 1 aromatic rings. The molecule has 0 aromatic heterocycles. The molecule has 15 heavy (non-hydrogen) atoms. The lowest BCUT2D eigenvalue weighted by Gasteiger charge is -2.27. The standard InChI is InChI=1S/C13H17NS/c1-4-10(5-1)15-13-8-2-7-12-11(13)6-3-9-14-12/h2,7-8,10,14H,1,3-6,9H2. The molecule has 0 bridgehead atoms. The largest absolute Gasteiger partial charge is 0.385 e. The number of rotatable bonds is 2. The second-order valence-electron chi connectivity index (χ2n) is 4.48. The minimum Gasteiger partial charge on any atom is -0.385 e. The molecular formula is C13H17NS. The van der Waals surface area contributed by atoms with Crippen molar-refractivity contribution < 1.29 is 0 Å². The Morgan fingerprint density at radius 3 is 2.93 bits per heavy atom. The molecule has 0 unspecified atom stereocenters. The zero-order valence-corrected chi connectivity index (χ0v) is 9.78. The normalized spacial score (nSPS) is 20.3. The highest BCUT2D eigenvalue weighted by Crippen LogP contribution is 2.40. The molecule has 0 spiro atoms. The second kappa shape index (κ2) is 4.09. The molecule has 2 aliphatic rings. The van der Waals surface area contributed by atoms with Crippen LogP contribution in [0.15, 0.2) is 23.1 Å². The van der Waals surface area contributed by atoms with Gasteiger partial charge in [-0.1, -0.05) is 12.5 Å². The van der Waals surface area contributed by atoms with E-state index in [1.54, 1.807) is 5.56 Å². The van der Waals surface area contributed by atoms with Gasteiger partial charge >= 0.3 is 0 Å². The number of thioether (sulfide) groups is 1. The van der Waals surface area contributed by atoms with Crippen LogP contribution in [-0.4, -0.2) is 11.8 Å². The average molecular weight is 219 g/mol. The van der Waals surface area contributed by atoms with Crippen LogP contribution in [0, 0.1) is 0 Å². The lowest BCUT2D eigenvalue weighted by Crippen LogP contribution is -2.15. The summed E-state index contributed by atoms with van der Waals surface area (Å²) in [5.74, 6) is 0. The molecule has 0 amide bonds. The Balaban J connectivity index is 1.85. The predicted octanol–water partition coefficient (Wildman–Crippen LogP) is 3.69. The van der Waals surface area contributed by atoms with E-state index in [0.717, 1.165) is 11.8 Å². The topological polar surface area (TPSA) is 12.0 Å². The third-order valence-corrected chi connectivity index (χ3v) is 4.84. The van der Waals surface area contributed by atoms with E-state index in [1.165, 1.54) is 42.7 Å². The van der Waals surface area contributed by atoms with Crippen LogP contribution in [0.1, 0.15) is 31.2 Å². The van der Waals surface area contributed by atoms with Crippen molar-refractivity contribution >= 4 is 17.4 Å². The summed E-state index contributed by atoms with van der Waals surface area (Å²) in [5, 5.41) is 4.40. The molecule has 1 heterocycles. The SMILES string of the molecule is c1cc2c(c(SC3CCC3)c1)CCCN2. The number of hydrogen-bond donors (Lipinski definition) is 1. The van der Waals surface area contributed by atoms with Crippen molar-refractivity contribution in [3.63, 3.8) is 0 Å². The van der Waals surface area contributed by atoms with Crippen LogP contribution in [0.2, 0.25) is 0 Å². The van der Waals surface area contributed by atoms with Crippen molar-refractivity contribution in [1.82, 2.24) is 0 Å². The minimum absolute atomic E-state index is 0.901. The number of benzene rings is 1. The summed E-state index contributed by atoms with van der Waals surface area (Å²) in [4.78, 5) is 1.53. The van der Waals surface area contributed by atoms with Gasteiger partial charge in [0.15, 0.2) is 0 Å². The van der Waals surface area contributed by atoms with Gasteiger partial charge in [-0.15, -0.1) is 11.8 Å². The van der Waals surface area contributed by atoms with Crippen molar-refractivity contribution in [2.75, 3.05) is 11.9 Å². The molecule has 1 aliphatic heterocycles. The van der Waals surface area contributed by atoms with E-state index < -0.39 is 0 Å². The molecule has 2 heteroatoms. The average Bonchev–Trinajstić information content (AvgIpc) is 2.23. The highest BCUT2D eigenvalue weighted by molar-refractivity contribution is 8.00. The van der Waals surface area contributed by atoms with Gasteiger partial charge in [0, 0.05) is 22.4 Å². The maximum atomic E-state index is 3.50. The zero-order chi connectivity index (χ0) is 10.1. The monoisotopic (exact) mass is 219 g/mol. The van der Waals surface area contributed by atoms with Crippen molar-refractivity contribution in [1.29, 1.82) is 0 Å². The fourth-order valence-corrected chi connectivity index (χ4v) is 3.70. The van der Waals surface area contributed by atoms with Gasteiger partial charge in [0.25, 0.3) is 0 Å². The molecule has 0 atom stereocenters. The van der Waals surface area contributed by atoms with Gasteiger partial charge in [-0.25, -0.2) is 0 Å². The van der Waals surface area contributed by atoms with Gasteiger partial charge in [-0.05, 0) is 43.4 Å². The molecule has 1 N–H and O–H groups in total. The zero-order valence-electron chi connectivity index (χ0n) is 8.96. The van der Waals surface area contributed by atoms with Crippen LogP contribution in [0.5, 0.6) is 0 Å². The van der Waals surface area contributed by atoms with E-state index in [0.29, 0.717) is 0 Å². The Hall–Kier alpha value is -0.630. The van der Waals surface area contributed by atoms with Crippen LogP contribution >= 0.6 is 11.8 Å². The Morgan fingerprint density at radius 2 is 2.13 bits per heavy atom. The maximum absolute atomic E-state index is 3.50. The molecule has 1 fully saturated rings. The van der Waals surface area contributed by atoms with E-state index in [2.05, 4.69) is 35.3 Å². The molecule has 0 saturated heterocycles. The molecule has 1 saturated carbocycles. The van der Waals surface area contributed by atoms with Crippen LogP contribution in [0.25, 0.3) is 0 Å². The van der Waals surface area contributed by atoms with E-state index in [-0.39, 0.29) is 0 Å². The highest BCUT2D eigenvalue weighted by atomic mass is 32.2. The van der Waals surface area contributed by atoms with Crippen LogP contribution < -0.4 is 5.32 Å². The summed E-state index contributed by atoms with van der Waals surface area (Å²) in [6, 6.07) is 6.71. The first-order chi connectivity index (χ1) is 7.43. The highest BCUT2D eigenvalue weighted by Gasteiger charge is 2.21. The van der Waals surface area contributed by atoms with Crippen LogP contribution in [-0.2, 0) is 6.42 Å². The lowest BCUT2D eigenvalue weighted by atomic mass is 10.00. The van der Waals surface area contributed by atoms with Gasteiger partial charge < -0.3 is 5.32 Å². The Bertz CT molecular complexity index is 358. The van der Waals surface area contributed by atoms with Gasteiger partial charge in [0.05, 0.1) is 0 Å². The predicted molar refractivity (Wildman–Crippen MR) is 66.7 cm³/mol. The van der Waals surface area contributed by atoms with E-state index in [1.807, 2.05) is 0 Å². The smallest absolute Gasteiger partial charge is 0.0383 e. The third kappa shape index (κ3) is 1.87. The van der Waals surface area contributed by atoms with Crippen molar-refractivity contribution in [3.05, 3.63) is 23.8 Å². The van der Waals surface area contributed by atoms with E-state index >= 15 is 0 Å². The molecule has 0 radical (unpaired) electrons.